The second kappa shape index (κ2) is 3.26. The predicted molar refractivity (Wildman–Crippen MR) is 50.9 cm³/mol. The first kappa shape index (κ1) is 8.59. The van der Waals surface area contributed by atoms with Crippen LogP contribution >= 0.6 is 0 Å². The third-order valence-corrected chi connectivity index (χ3v) is 1.68. The molecule has 0 unspecified atom stereocenters. The Bertz CT molecular complexity index is 282. The molecule has 0 saturated heterocycles. The maximum Gasteiger partial charge on any atom is 0.108 e. The number of hydrogen-bond donors (Lipinski definition) is 2. The third-order valence-electron chi connectivity index (χ3n) is 1.68. The highest BCUT2D eigenvalue weighted by Crippen LogP contribution is 2.10. The van der Waals surface area contributed by atoms with Crippen LogP contribution in [0.1, 0.15) is 0 Å². The van der Waals surface area contributed by atoms with Crippen LogP contribution in [0.3, 0.4) is 0 Å². The number of allylic oxidation sites excluding steroid dienone is 5. The number of hydrogen-bond acceptors (Lipinski definition) is 3. The maximum atomic E-state index is 7.57. The van der Waals surface area contributed by atoms with Gasteiger partial charge in [-0.3, -0.25) is 0 Å². The molecule has 0 fully saturated rings. The number of nitrogens with zero attached hydrogens (tertiary/aromatic N) is 1. The second-order valence-electron chi connectivity index (χ2n) is 2.83. The van der Waals surface area contributed by atoms with Crippen molar-refractivity contribution in [3.63, 3.8) is 0 Å². The Morgan fingerprint density at radius 2 is 1.92 bits per heavy atom. The fourth-order valence-corrected chi connectivity index (χ4v) is 0.947. The molecular weight excluding hydrogens is 150 g/mol. The molecule has 1 rings (SSSR count). The van der Waals surface area contributed by atoms with Crippen LogP contribution < -0.4 is 5.73 Å². The molecule has 0 aromatic carbocycles. The van der Waals surface area contributed by atoms with Crippen LogP contribution in [-0.4, -0.2) is 24.7 Å². The SMILES string of the molecule is CN(C)/C(N)=C1\C=CC=CC1=N. The summed E-state index contributed by atoms with van der Waals surface area (Å²) in [4.78, 5) is 1.80. The highest BCUT2D eigenvalue weighted by molar-refractivity contribution is 6.09. The summed E-state index contributed by atoms with van der Waals surface area (Å²) in [5.41, 5.74) is 7.00. The summed E-state index contributed by atoms with van der Waals surface area (Å²) >= 11 is 0. The van der Waals surface area contributed by atoms with E-state index in [0.717, 1.165) is 5.57 Å². The van der Waals surface area contributed by atoms with Crippen molar-refractivity contribution in [2.24, 2.45) is 5.73 Å². The minimum Gasteiger partial charge on any atom is -0.385 e. The Kier molecular flexibility index (Phi) is 2.33. The van der Waals surface area contributed by atoms with E-state index in [1.807, 2.05) is 32.3 Å². The molecule has 3 N–H and O–H groups in total. The highest BCUT2D eigenvalue weighted by Gasteiger charge is 2.07. The van der Waals surface area contributed by atoms with Crippen molar-refractivity contribution in [1.82, 2.24) is 4.90 Å². The predicted octanol–water partition coefficient (Wildman–Crippen LogP) is 0.864. The summed E-state index contributed by atoms with van der Waals surface area (Å²) in [6.07, 6.45) is 7.28. The Hall–Kier alpha value is -1.51. The smallest absolute Gasteiger partial charge is 0.108 e. The van der Waals surface area contributed by atoms with Gasteiger partial charge in [0, 0.05) is 19.7 Å². The standard InChI is InChI=1S/C9H13N3/c1-12(2)9(11)7-5-3-4-6-8(7)10/h3-6,10H,11H2,1-2H3/b9-7+,10-8?. The summed E-state index contributed by atoms with van der Waals surface area (Å²) in [7, 11) is 3.73. The molecule has 3 nitrogen and oxygen atoms in total. The lowest BCUT2D eigenvalue weighted by Gasteiger charge is -2.16. The number of nitrogens with two attached hydrogens (primary N) is 1. The van der Waals surface area contributed by atoms with Crippen molar-refractivity contribution in [1.29, 1.82) is 5.41 Å². The molecule has 0 aromatic heterocycles. The van der Waals surface area contributed by atoms with E-state index < -0.39 is 0 Å². The lowest BCUT2D eigenvalue weighted by atomic mass is 10.1. The van der Waals surface area contributed by atoms with E-state index in [0.29, 0.717) is 11.5 Å². The highest BCUT2D eigenvalue weighted by atomic mass is 15.1. The van der Waals surface area contributed by atoms with Gasteiger partial charge in [0.2, 0.25) is 0 Å². The van der Waals surface area contributed by atoms with Crippen molar-refractivity contribution in [3.8, 4) is 0 Å². The van der Waals surface area contributed by atoms with Gasteiger partial charge >= 0.3 is 0 Å². The molecule has 0 spiro atoms. The van der Waals surface area contributed by atoms with Crippen molar-refractivity contribution in [2.75, 3.05) is 14.1 Å². The Morgan fingerprint density at radius 3 is 2.42 bits per heavy atom. The minimum atomic E-state index is 0.462. The molecule has 0 radical (unpaired) electrons. The molecule has 0 atom stereocenters. The molecule has 1 aliphatic carbocycles. The van der Waals surface area contributed by atoms with Gasteiger partial charge in [0.15, 0.2) is 0 Å². The van der Waals surface area contributed by atoms with Gasteiger partial charge in [0.05, 0.1) is 5.71 Å². The Labute approximate surface area is 72.4 Å². The zero-order valence-electron chi connectivity index (χ0n) is 7.33. The summed E-state index contributed by atoms with van der Waals surface area (Å²) in [5.74, 6) is 0.626. The first-order chi connectivity index (χ1) is 5.63. The van der Waals surface area contributed by atoms with E-state index in [9.17, 15) is 0 Å². The maximum absolute atomic E-state index is 7.57. The molecule has 0 saturated carbocycles. The van der Waals surface area contributed by atoms with Gasteiger partial charge in [-0.15, -0.1) is 0 Å². The molecule has 0 amide bonds. The van der Waals surface area contributed by atoms with Crippen LogP contribution in [0, 0.1) is 5.41 Å². The van der Waals surface area contributed by atoms with Gasteiger partial charge in [-0.05, 0) is 12.2 Å². The van der Waals surface area contributed by atoms with Crippen LogP contribution in [0.5, 0.6) is 0 Å². The molecule has 12 heavy (non-hydrogen) atoms. The van der Waals surface area contributed by atoms with Crippen molar-refractivity contribution >= 4 is 5.71 Å². The zero-order valence-corrected chi connectivity index (χ0v) is 7.33. The average Bonchev–Trinajstić information content (AvgIpc) is 2.04. The second-order valence-corrected chi connectivity index (χ2v) is 2.83. The molecule has 1 aliphatic rings. The third kappa shape index (κ3) is 1.56. The zero-order chi connectivity index (χ0) is 9.14. The van der Waals surface area contributed by atoms with E-state index in [4.69, 9.17) is 11.1 Å². The molecule has 3 heteroatoms. The molecule has 64 valence electrons. The summed E-state index contributed by atoms with van der Waals surface area (Å²) in [6, 6.07) is 0. The first-order valence-electron chi connectivity index (χ1n) is 3.73. The van der Waals surface area contributed by atoms with Crippen molar-refractivity contribution in [2.45, 2.75) is 0 Å². The van der Waals surface area contributed by atoms with E-state index in [1.165, 1.54) is 0 Å². The summed E-state index contributed by atoms with van der Waals surface area (Å²) in [5, 5.41) is 7.57. The van der Waals surface area contributed by atoms with Gasteiger partial charge < -0.3 is 16.0 Å². The molecule has 0 heterocycles. The summed E-state index contributed by atoms with van der Waals surface area (Å²) in [6.45, 7) is 0. The van der Waals surface area contributed by atoms with Crippen LogP contribution in [-0.2, 0) is 0 Å². The van der Waals surface area contributed by atoms with E-state index in [2.05, 4.69) is 0 Å². The van der Waals surface area contributed by atoms with E-state index >= 15 is 0 Å². The van der Waals surface area contributed by atoms with Crippen molar-refractivity contribution in [3.05, 3.63) is 35.7 Å². The van der Waals surface area contributed by atoms with Gasteiger partial charge in [-0.25, -0.2) is 0 Å². The normalized spacial score (nSPS) is 19.7. The van der Waals surface area contributed by atoms with Crippen molar-refractivity contribution < 1.29 is 0 Å². The largest absolute Gasteiger partial charge is 0.385 e. The Morgan fingerprint density at radius 1 is 1.33 bits per heavy atom. The lowest BCUT2D eigenvalue weighted by Crippen LogP contribution is -2.22. The number of nitrogens with one attached hydrogen (secondary N) is 1. The summed E-state index contributed by atoms with van der Waals surface area (Å²) < 4.78 is 0. The molecule has 0 bridgehead atoms. The van der Waals surface area contributed by atoms with E-state index in [1.54, 1.807) is 11.0 Å². The van der Waals surface area contributed by atoms with Crippen LogP contribution in [0.2, 0.25) is 0 Å². The Balaban J connectivity index is 3.02. The lowest BCUT2D eigenvalue weighted by molar-refractivity contribution is 0.503. The average molecular weight is 163 g/mol. The first-order valence-corrected chi connectivity index (χ1v) is 3.73. The minimum absolute atomic E-state index is 0.462. The monoisotopic (exact) mass is 163 g/mol. The number of rotatable bonds is 1. The van der Waals surface area contributed by atoms with E-state index in [-0.39, 0.29) is 0 Å². The topological polar surface area (TPSA) is 53.1 Å². The molecule has 0 aliphatic heterocycles. The van der Waals surface area contributed by atoms with Gasteiger partial charge in [-0.1, -0.05) is 12.2 Å². The van der Waals surface area contributed by atoms with Crippen LogP contribution in [0.15, 0.2) is 35.7 Å². The van der Waals surface area contributed by atoms with Gasteiger partial charge in [-0.2, -0.15) is 0 Å². The molecular formula is C9H13N3. The van der Waals surface area contributed by atoms with Gasteiger partial charge in [0.25, 0.3) is 0 Å². The fraction of sp³-hybridized carbons (Fsp3) is 0.222. The van der Waals surface area contributed by atoms with Crippen LogP contribution in [0.4, 0.5) is 0 Å². The quantitative estimate of drug-likeness (QED) is 0.602. The molecule has 0 aromatic rings. The van der Waals surface area contributed by atoms with Crippen LogP contribution in [0.25, 0.3) is 0 Å². The fourth-order valence-electron chi connectivity index (χ4n) is 0.947. The van der Waals surface area contributed by atoms with Gasteiger partial charge in [0.1, 0.15) is 5.82 Å².